The standard InChI is InChI=1S/C10H16N2O2S/c1-14-6-9-3-2-4-12(9)10-11-8(5-13)7-15-10/h7,9,13H,2-6H2,1H3. The van der Waals surface area contributed by atoms with Crippen molar-refractivity contribution in [3.8, 4) is 0 Å². The minimum absolute atomic E-state index is 0.0271. The van der Waals surface area contributed by atoms with Crippen LogP contribution in [0.25, 0.3) is 0 Å². The molecule has 1 N–H and O–H groups in total. The SMILES string of the molecule is COCC1CCCN1c1nc(CO)cs1. The molecule has 1 aliphatic rings. The van der Waals surface area contributed by atoms with Gasteiger partial charge in [0.1, 0.15) is 0 Å². The Hall–Kier alpha value is -0.650. The molecule has 84 valence electrons. The van der Waals surface area contributed by atoms with Crippen LogP contribution in [0.4, 0.5) is 5.13 Å². The van der Waals surface area contributed by atoms with Crippen molar-refractivity contribution < 1.29 is 9.84 Å². The van der Waals surface area contributed by atoms with Crippen molar-refractivity contribution in [2.45, 2.75) is 25.5 Å². The van der Waals surface area contributed by atoms with Gasteiger partial charge < -0.3 is 14.7 Å². The second kappa shape index (κ2) is 4.92. The molecule has 0 aromatic carbocycles. The summed E-state index contributed by atoms with van der Waals surface area (Å²) in [6.45, 7) is 1.83. The molecule has 0 bridgehead atoms. The lowest BCUT2D eigenvalue weighted by atomic mass is 10.2. The molecular weight excluding hydrogens is 212 g/mol. The Balaban J connectivity index is 2.08. The van der Waals surface area contributed by atoms with Gasteiger partial charge in [0.25, 0.3) is 0 Å². The summed E-state index contributed by atoms with van der Waals surface area (Å²) in [5.74, 6) is 0. The third-order valence-corrected chi connectivity index (χ3v) is 3.61. The molecule has 2 rings (SSSR count). The first-order chi connectivity index (χ1) is 7.35. The number of methoxy groups -OCH3 is 1. The summed E-state index contributed by atoms with van der Waals surface area (Å²) in [5.41, 5.74) is 0.762. The van der Waals surface area contributed by atoms with Crippen LogP contribution in [0.15, 0.2) is 5.38 Å². The van der Waals surface area contributed by atoms with Crippen molar-refractivity contribution >= 4 is 16.5 Å². The van der Waals surface area contributed by atoms with Crippen LogP contribution in [0.3, 0.4) is 0 Å². The molecule has 2 heterocycles. The Bertz CT molecular complexity index is 316. The number of ether oxygens (including phenoxy) is 1. The molecule has 0 spiro atoms. The number of aliphatic hydroxyl groups excluding tert-OH is 1. The highest BCUT2D eigenvalue weighted by molar-refractivity contribution is 7.13. The van der Waals surface area contributed by atoms with Crippen LogP contribution in [0.5, 0.6) is 0 Å². The average molecular weight is 228 g/mol. The van der Waals surface area contributed by atoms with Gasteiger partial charge >= 0.3 is 0 Å². The molecule has 5 heteroatoms. The van der Waals surface area contributed by atoms with Crippen molar-refractivity contribution in [2.75, 3.05) is 25.2 Å². The van der Waals surface area contributed by atoms with Crippen molar-refractivity contribution in [3.05, 3.63) is 11.1 Å². The third-order valence-electron chi connectivity index (χ3n) is 2.68. The Morgan fingerprint density at radius 3 is 3.27 bits per heavy atom. The Labute approximate surface area is 93.5 Å². The first kappa shape index (κ1) is 10.9. The fourth-order valence-electron chi connectivity index (χ4n) is 1.95. The maximum atomic E-state index is 8.96. The van der Waals surface area contributed by atoms with Crippen LogP contribution in [0, 0.1) is 0 Å². The van der Waals surface area contributed by atoms with Gasteiger partial charge in [0.05, 0.1) is 24.9 Å². The van der Waals surface area contributed by atoms with Gasteiger partial charge in [0.15, 0.2) is 5.13 Å². The van der Waals surface area contributed by atoms with E-state index in [0.29, 0.717) is 6.04 Å². The molecule has 0 saturated carbocycles. The molecule has 1 saturated heterocycles. The predicted molar refractivity (Wildman–Crippen MR) is 60.3 cm³/mol. The smallest absolute Gasteiger partial charge is 0.185 e. The summed E-state index contributed by atoms with van der Waals surface area (Å²) in [6.07, 6.45) is 2.37. The van der Waals surface area contributed by atoms with Gasteiger partial charge in [-0.2, -0.15) is 0 Å². The molecule has 1 aromatic heterocycles. The second-order valence-electron chi connectivity index (χ2n) is 3.72. The van der Waals surface area contributed by atoms with Gasteiger partial charge in [0.2, 0.25) is 0 Å². The monoisotopic (exact) mass is 228 g/mol. The lowest BCUT2D eigenvalue weighted by Crippen LogP contribution is -2.32. The summed E-state index contributed by atoms with van der Waals surface area (Å²) in [7, 11) is 1.73. The first-order valence-electron chi connectivity index (χ1n) is 5.16. The molecule has 1 unspecified atom stereocenters. The van der Waals surface area contributed by atoms with E-state index in [9.17, 15) is 0 Å². The third kappa shape index (κ3) is 2.30. The van der Waals surface area contributed by atoms with E-state index in [0.717, 1.165) is 24.0 Å². The van der Waals surface area contributed by atoms with Crippen LogP contribution in [0.2, 0.25) is 0 Å². The maximum Gasteiger partial charge on any atom is 0.185 e. The van der Waals surface area contributed by atoms with Crippen LogP contribution < -0.4 is 4.90 Å². The minimum atomic E-state index is 0.0271. The number of anilines is 1. The van der Waals surface area contributed by atoms with Crippen molar-refractivity contribution in [1.29, 1.82) is 0 Å². The fraction of sp³-hybridized carbons (Fsp3) is 0.700. The number of nitrogens with zero attached hydrogens (tertiary/aromatic N) is 2. The summed E-state index contributed by atoms with van der Waals surface area (Å²) in [5, 5.41) is 11.9. The summed E-state index contributed by atoms with van der Waals surface area (Å²) in [6, 6.07) is 0.452. The molecule has 1 aromatic rings. The zero-order valence-corrected chi connectivity index (χ0v) is 9.66. The maximum absolute atomic E-state index is 8.96. The van der Waals surface area contributed by atoms with E-state index in [2.05, 4.69) is 9.88 Å². The molecule has 1 aliphatic heterocycles. The highest BCUT2D eigenvalue weighted by atomic mass is 32.1. The van der Waals surface area contributed by atoms with Gasteiger partial charge in [-0.3, -0.25) is 0 Å². The number of aliphatic hydroxyl groups is 1. The van der Waals surface area contributed by atoms with E-state index in [-0.39, 0.29) is 6.61 Å². The summed E-state index contributed by atoms with van der Waals surface area (Å²) < 4.78 is 5.20. The number of aromatic nitrogens is 1. The normalized spacial score (nSPS) is 21.2. The van der Waals surface area contributed by atoms with Gasteiger partial charge in [-0.05, 0) is 12.8 Å². The Morgan fingerprint density at radius 2 is 2.60 bits per heavy atom. The lowest BCUT2D eigenvalue weighted by molar-refractivity contribution is 0.181. The van der Waals surface area contributed by atoms with Gasteiger partial charge in [-0.1, -0.05) is 0 Å². The Morgan fingerprint density at radius 1 is 1.73 bits per heavy atom. The molecule has 0 aliphatic carbocycles. The zero-order valence-electron chi connectivity index (χ0n) is 8.85. The van der Waals surface area contributed by atoms with E-state index in [1.54, 1.807) is 18.4 Å². The average Bonchev–Trinajstić information content (AvgIpc) is 2.85. The van der Waals surface area contributed by atoms with Crippen molar-refractivity contribution in [1.82, 2.24) is 4.98 Å². The van der Waals surface area contributed by atoms with Crippen molar-refractivity contribution in [3.63, 3.8) is 0 Å². The van der Waals surface area contributed by atoms with E-state index in [4.69, 9.17) is 9.84 Å². The molecular formula is C10H16N2O2S. The molecule has 0 radical (unpaired) electrons. The highest BCUT2D eigenvalue weighted by Gasteiger charge is 2.26. The fourth-order valence-corrected chi connectivity index (χ4v) is 2.87. The quantitative estimate of drug-likeness (QED) is 0.842. The van der Waals surface area contributed by atoms with Gasteiger partial charge in [-0.15, -0.1) is 11.3 Å². The van der Waals surface area contributed by atoms with Crippen LogP contribution in [-0.2, 0) is 11.3 Å². The molecule has 15 heavy (non-hydrogen) atoms. The first-order valence-corrected chi connectivity index (χ1v) is 6.04. The van der Waals surface area contributed by atoms with Gasteiger partial charge in [0, 0.05) is 19.0 Å². The van der Waals surface area contributed by atoms with E-state index in [1.165, 1.54) is 12.8 Å². The summed E-state index contributed by atoms with van der Waals surface area (Å²) >= 11 is 1.60. The molecule has 1 atom stereocenters. The topological polar surface area (TPSA) is 45.6 Å². The lowest BCUT2D eigenvalue weighted by Gasteiger charge is -2.23. The van der Waals surface area contributed by atoms with Crippen LogP contribution >= 0.6 is 11.3 Å². The molecule has 1 fully saturated rings. The van der Waals surface area contributed by atoms with E-state index >= 15 is 0 Å². The number of thiazole rings is 1. The molecule has 4 nitrogen and oxygen atoms in total. The number of hydrogen-bond donors (Lipinski definition) is 1. The summed E-state index contributed by atoms with van der Waals surface area (Å²) in [4.78, 5) is 6.67. The minimum Gasteiger partial charge on any atom is -0.390 e. The zero-order chi connectivity index (χ0) is 10.7. The van der Waals surface area contributed by atoms with E-state index in [1.807, 2.05) is 5.38 Å². The van der Waals surface area contributed by atoms with E-state index < -0.39 is 0 Å². The number of rotatable bonds is 4. The highest BCUT2D eigenvalue weighted by Crippen LogP contribution is 2.28. The van der Waals surface area contributed by atoms with Crippen molar-refractivity contribution in [2.24, 2.45) is 0 Å². The number of hydrogen-bond acceptors (Lipinski definition) is 5. The van der Waals surface area contributed by atoms with Crippen LogP contribution in [-0.4, -0.2) is 36.4 Å². The second-order valence-corrected chi connectivity index (χ2v) is 4.56. The van der Waals surface area contributed by atoms with Gasteiger partial charge in [-0.25, -0.2) is 4.98 Å². The Kier molecular flexibility index (Phi) is 3.56. The van der Waals surface area contributed by atoms with Crippen LogP contribution in [0.1, 0.15) is 18.5 Å². The molecule has 0 amide bonds. The largest absolute Gasteiger partial charge is 0.390 e. The predicted octanol–water partition coefficient (Wildman–Crippen LogP) is 1.25.